The molecule has 268 valence electrons. The summed E-state index contributed by atoms with van der Waals surface area (Å²) in [4.78, 5) is 25.9. The minimum Gasteiger partial charge on any atom is -0.490 e. The van der Waals surface area contributed by atoms with Crippen LogP contribution in [0.15, 0.2) is 189 Å². The van der Waals surface area contributed by atoms with Gasteiger partial charge in [0, 0.05) is 28.7 Å². The molecule has 0 heterocycles. The van der Waals surface area contributed by atoms with Gasteiger partial charge in [0.15, 0.2) is 6.10 Å². The SMILES string of the molecule is C=CC(=O)OC(COC(=O)C(=C)C)COc1ccc(-c2ccc(N(c3ccccc3)c3ccc(C=C(c4ccccc4)c4ccccc4)cc3)cc2)cc1. The second-order valence-electron chi connectivity index (χ2n) is 12.6. The zero-order valence-corrected chi connectivity index (χ0v) is 30.1. The normalized spacial score (nSPS) is 11.1. The van der Waals surface area contributed by atoms with Crippen molar-refractivity contribution in [3.8, 4) is 16.9 Å². The molecular formula is C48H41NO5. The van der Waals surface area contributed by atoms with E-state index in [1.54, 1.807) is 6.92 Å². The summed E-state index contributed by atoms with van der Waals surface area (Å²) in [5.41, 5.74) is 10.0. The fourth-order valence-electron chi connectivity index (χ4n) is 5.84. The van der Waals surface area contributed by atoms with E-state index in [4.69, 9.17) is 14.2 Å². The molecule has 6 aromatic rings. The fourth-order valence-corrected chi connectivity index (χ4v) is 5.84. The van der Waals surface area contributed by atoms with Crippen LogP contribution in [0.2, 0.25) is 0 Å². The van der Waals surface area contributed by atoms with Crippen LogP contribution in [0.25, 0.3) is 22.8 Å². The van der Waals surface area contributed by atoms with Gasteiger partial charge in [-0.25, -0.2) is 9.59 Å². The minimum absolute atomic E-state index is 0.00903. The molecule has 0 bridgehead atoms. The number of carbonyl (C=O) groups is 2. The lowest BCUT2D eigenvalue weighted by atomic mass is 9.95. The van der Waals surface area contributed by atoms with E-state index < -0.39 is 18.0 Å². The van der Waals surface area contributed by atoms with Gasteiger partial charge in [0.2, 0.25) is 0 Å². The Bertz CT molecular complexity index is 2150. The zero-order valence-electron chi connectivity index (χ0n) is 30.1. The highest BCUT2D eigenvalue weighted by Gasteiger charge is 2.18. The standard InChI is InChI=1S/C48H41NO5/c1-4-47(50)54-45(34-53-48(51)35(2)3)33-52-44-30-24-38(25-31-44)37-22-28-43(29-23-37)49(41-18-12-7-13-19-41)42-26-20-36(21-27-42)32-46(39-14-8-5-9-15-39)40-16-10-6-11-17-40/h4-32,45H,1-2,33-34H2,3H3. The number of hydrogen-bond donors (Lipinski definition) is 0. The van der Waals surface area contributed by atoms with Gasteiger partial charge in [-0.05, 0) is 94.9 Å². The van der Waals surface area contributed by atoms with E-state index in [1.165, 1.54) is 16.7 Å². The molecular weight excluding hydrogens is 671 g/mol. The number of rotatable bonds is 15. The van der Waals surface area contributed by atoms with Crippen LogP contribution in [-0.4, -0.2) is 31.3 Å². The zero-order chi connectivity index (χ0) is 37.7. The lowest BCUT2D eigenvalue weighted by Gasteiger charge is -2.26. The first-order chi connectivity index (χ1) is 26.4. The first-order valence-electron chi connectivity index (χ1n) is 17.6. The van der Waals surface area contributed by atoms with Crippen molar-refractivity contribution in [2.24, 2.45) is 0 Å². The first kappa shape index (κ1) is 36.9. The van der Waals surface area contributed by atoms with Crippen LogP contribution >= 0.6 is 0 Å². The molecule has 0 aliphatic rings. The predicted molar refractivity (Wildman–Crippen MR) is 218 cm³/mol. The summed E-state index contributed by atoms with van der Waals surface area (Å²) in [6, 6.07) is 56.0. The molecule has 0 spiro atoms. The van der Waals surface area contributed by atoms with Gasteiger partial charge in [-0.2, -0.15) is 0 Å². The molecule has 1 unspecified atom stereocenters. The third kappa shape index (κ3) is 9.69. The smallest absolute Gasteiger partial charge is 0.333 e. The second-order valence-corrected chi connectivity index (χ2v) is 12.6. The van der Waals surface area contributed by atoms with E-state index >= 15 is 0 Å². The lowest BCUT2D eigenvalue weighted by molar-refractivity contribution is -0.154. The van der Waals surface area contributed by atoms with Crippen molar-refractivity contribution >= 4 is 40.6 Å². The molecule has 54 heavy (non-hydrogen) atoms. The number of esters is 2. The third-order valence-electron chi connectivity index (χ3n) is 8.59. The maximum Gasteiger partial charge on any atom is 0.333 e. The predicted octanol–water partition coefficient (Wildman–Crippen LogP) is 11.0. The molecule has 0 N–H and O–H groups in total. The number of anilines is 3. The van der Waals surface area contributed by atoms with Crippen molar-refractivity contribution in [3.05, 3.63) is 205 Å². The van der Waals surface area contributed by atoms with Crippen LogP contribution in [0.1, 0.15) is 23.6 Å². The third-order valence-corrected chi connectivity index (χ3v) is 8.59. The number of ether oxygens (including phenoxy) is 3. The highest BCUT2D eigenvalue weighted by Crippen LogP contribution is 2.36. The van der Waals surface area contributed by atoms with Crippen LogP contribution in [0.5, 0.6) is 5.75 Å². The van der Waals surface area contributed by atoms with Gasteiger partial charge in [-0.3, -0.25) is 0 Å². The van der Waals surface area contributed by atoms with Crippen molar-refractivity contribution in [2.75, 3.05) is 18.1 Å². The molecule has 0 aliphatic carbocycles. The van der Waals surface area contributed by atoms with Gasteiger partial charge in [0.25, 0.3) is 0 Å². The van der Waals surface area contributed by atoms with Gasteiger partial charge >= 0.3 is 11.9 Å². The number of para-hydroxylation sites is 1. The Morgan fingerprint density at radius 1 is 0.630 bits per heavy atom. The van der Waals surface area contributed by atoms with Crippen LogP contribution in [0.4, 0.5) is 17.1 Å². The number of nitrogens with zero attached hydrogens (tertiary/aromatic N) is 1. The monoisotopic (exact) mass is 711 g/mol. The summed E-state index contributed by atoms with van der Waals surface area (Å²) < 4.78 is 16.4. The number of hydrogen-bond acceptors (Lipinski definition) is 6. The van der Waals surface area contributed by atoms with Crippen LogP contribution in [0, 0.1) is 0 Å². The molecule has 6 nitrogen and oxygen atoms in total. The Morgan fingerprint density at radius 3 is 1.63 bits per heavy atom. The van der Waals surface area contributed by atoms with E-state index in [-0.39, 0.29) is 18.8 Å². The molecule has 0 saturated heterocycles. The van der Waals surface area contributed by atoms with Gasteiger partial charge in [0.1, 0.15) is 19.0 Å². The molecule has 0 aromatic heterocycles. The van der Waals surface area contributed by atoms with Crippen molar-refractivity contribution in [1.82, 2.24) is 0 Å². The molecule has 6 aromatic carbocycles. The summed E-state index contributed by atoms with van der Waals surface area (Å²) in [6.07, 6.45) is 2.48. The molecule has 0 fully saturated rings. The van der Waals surface area contributed by atoms with Crippen LogP contribution in [0.3, 0.4) is 0 Å². The summed E-state index contributed by atoms with van der Waals surface area (Å²) in [7, 11) is 0. The highest BCUT2D eigenvalue weighted by molar-refractivity contribution is 5.92. The Hall–Kier alpha value is -6.92. The van der Waals surface area contributed by atoms with E-state index in [9.17, 15) is 9.59 Å². The quantitative estimate of drug-likeness (QED) is 0.0600. The number of benzene rings is 6. The average Bonchev–Trinajstić information content (AvgIpc) is 3.22. The topological polar surface area (TPSA) is 65.1 Å². The molecule has 6 heteroatoms. The Labute approximate surface area is 316 Å². The van der Waals surface area contributed by atoms with E-state index in [1.807, 2.05) is 54.6 Å². The average molecular weight is 712 g/mol. The van der Waals surface area contributed by atoms with Crippen LogP contribution < -0.4 is 9.64 Å². The Morgan fingerprint density at radius 2 is 1.11 bits per heavy atom. The summed E-state index contributed by atoms with van der Waals surface area (Å²) >= 11 is 0. The molecule has 0 radical (unpaired) electrons. The fraction of sp³-hybridized carbons (Fsp3) is 0.0833. The summed E-state index contributed by atoms with van der Waals surface area (Å²) in [5.74, 6) is -0.626. The summed E-state index contributed by atoms with van der Waals surface area (Å²) in [6.45, 7) is 8.37. The second kappa shape index (κ2) is 18.0. The molecule has 0 saturated carbocycles. The summed E-state index contributed by atoms with van der Waals surface area (Å²) in [5, 5.41) is 0. The molecule has 0 amide bonds. The molecule has 6 rings (SSSR count). The minimum atomic E-state index is -0.813. The van der Waals surface area contributed by atoms with Gasteiger partial charge in [-0.1, -0.05) is 128 Å². The van der Waals surface area contributed by atoms with E-state index in [0.29, 0.717) is 5.75 Å². The number of carbonyl (C=O) groups excluding carboxylic acids is 2. The Kier molecular flexibility index (Phi) is 12.3. The Balaban J connectivity index is 1.19. The van der Waals surface area contributed by atoms with Crippen molar-refractivity contribution < 1.29 is 23.8 Å². The molecule has 1 atom stereocenters. The van der Waals surface area contributed by atoms with Gasteiger partial charge in [0.05, 0.1) is 0 Å². The highest BCUT2D eigenvalue weighted by atomic mass is 16.6. The maximum atomic E-state index is 11.9. The van der Waals surface area contributed by atoms with Crippen molar-refractivity contribution in [1.29, 1.82) is 0 Å². The van der Waals surface area contributed by atoms with Crippen molar-refractivity contribution in [3.63, 3.8) is 0 Å². The molecule has 0 aliphatic heterocycles. The maximum absolute atomic E-state index is 11.9. The van der Waals surface area contributed by atoms with E-state index in [0.717, 1.165) is 39.8 Å². The van der Waals surface area contributed by atoms with E-state index in [2.05, 4.69) is 133 Å². The van der Waals surface area contributed by atoms with Crippen LogP contribution in [-0.2, 0) is 19.1 Å². The van der Waals surface area contributed by atoms with Gasteiger partial charge < -0.3 is 19.1 Å². The lowest BCUT2D eigenvalue weighted by Crippen LogP contribution is -2.30. The van der Waals surface area contributed by atoms with Gasteiger partial charge in [-0.15, -0.1) is 0 Å². The largest absolute Gasteiger partial charge is 0.490 e. The van der Waals surface area contributed by atoms with Crippen molar-refractivity contribution in [2.45, 2.75) is 13.0 Å². The first-order valence-corrected chi connectivity index (χ1v) is 17.6.